The number of hydrogen-bond donors (Lipinski definition) is 2. The van der Waals surface area contributed by atoms with E-state index in [1.54, 1.807) is 17.0 Å². The van der Waals surface area contributed by atoms with E-state index in [0.29, 0.717) is 23.8 Å². The van der Waals surface area contributed by atoms with Crippen LogP contribution in [-0.4, -0.2) is 33.8 Å². The zero-order chi connectivity index (χ0) is 16.7. The zero-order valence-corrected chi connectivity index (χ0v) is 14.6. The average Bonchev–Trinajstić information content (AvgIpc) is 3.25. The molecule has 0 radical (unpaired) electrons. The Bertz CT molecular complexity index is 862. The molecule has 4 heterocycles. The average molecular weight is 389 g/mol. The summed E-state index contributed by atoms with van der Waals surface area (Å²) in [4.78, 5) is 4.87. The number of piperidine rings is 1. The molecule has 2 aromatic rings. The number of anilines is 1. The Morgan fingerprint density at radius 3 is 3.08 bits per heavy atom. The van der Waals surface area contributed by atoms with E-state index in [1.165, 1.54) is 0 Å². The fourth-order valence-electron chi connectivity index (χ4n) is 3.31. The summed E-state index contributed by atoms with van der Waals surface area (Å²) >= 11 is 3.59. The van der Waals surface area contributed by atoms with Crippen molar-refractivity contribution in [2.45, 2.75) is 31.3 Å². The van der Waals surface area contributed by atoms with E-state index < -0.39 is 6.10 Å². The van der Waals surface area contributed by atoms with Crippen LogP contribution in [0.25, 0.3) is 11.2 Å². The molecule has 124 valence electrons. The number of rotatable bonds is 2. The van der Waals surface area contributed by atoms with Gasteiger partial charge in [-0.3, -0.25) is 0 Å². The summed E-state index contributed by atoms with van der Waals surface area (Å²) in [6.45, 7) is 1.94. The summed E-state index contributed by atoms with van der Waals surface area (Å²) in [5, 5.41) is 16.8. The Hall–Kier alpha value is -2.11. The monoisotopic (exact) mass is 388 g/mol. The first-order valence-corrected chi connectivity index (χ1v) is 8.76. The molecule has 7 nitrogen and oxygen atoms in total. The van der Waals surface area contributed by atoms with Gasteiger partial charge in [-0.15, -0.1) is 0 Å². The molecule has 2 unspecified atom stereocenters. The fourth-order valence-corrected chi connectivity index (χ4v) is 3.89. The summed E-state index contributed by atoms with van der Waals surface area (Å²) in [5.41, 5.74) is 9.76. The van der Waals surface area contributed by atoms with Crippen LogP contribution in [0.15, 0.2) is 16.9 Å². The van der Waals surface area contributed by atoms with Crippen LogP contribution < -0.4 is 11.1 Å². The van der Waals surface area contributed by atoms with Crippen molar-refractivity contribution in [3.05, 3.63) is 28.2 Å². The molecule has 2 atom stereocenters. The Morgan fingerprint density at radius 1 is 1.50 bits per heavy atom. The number of ether oxygens (including phenoxy) is 1. The Balaban J connectivity index is 1.80. The molecule has 8 heteroatoms. The lowest BCUT2D eigenvalue weighted by Gasteiger charge is -2.23. The summed E-state index contributed by atoms with van der Waals surface area (Å²) < 4.78 is 7.80. The van der Waals surface area contributed by atoms with Crippen LogP contribution in [-0.2, 0) is 4.74 Å². The first-order chi connectivity index (χ1) is 11.7. The predicted molar refractivity (Wildman–Crippen MR) is 93.0 cm³/mol. The third-order valence-corrected chi connectivity index (χ3v) is 5.41. The number of hydrogen-bond acceptors (Lipinski definition) is 6. The summed E-state index contributed by atoms with van der Waals surface area (Å²) in [6, 6.07) is 2.13. The van der Waals surface area contributed by atoms with Gasteiger partial charge in [0.25, 0.3) is 0 Å². The number of nitrogens with zero attached hydrogens (tertiary/aromatic N) is 4. The van der Waals surface area contributed by atoms with Gasteiger partial charge in [-0.05, 0) is 35.3 Å². The van der Waals surface area contributed by atoms with Crippen molar-refractivity contribution in [2.75, 3.05) is 18.8 Å². The van der Waals surface area contributed by atoms with E-state index >= 15 is 0 Å². The third-order valence-electron chi connectivity index (χ3n) is 4.60. The second kappa shape index (κ2) is 6.07. The molecule has 0 aromatic carbocycles. The van der Waals surface area contributed by atoms with Crippen LogP contribution in [0.2, 0.25) is 0 Å². The lowest BCUT2D eigenvalue weighted by atomic mass is 9.95. The number of nitriles is 1. The number of nitrogens with two attached hydrogens (primary N) is 1. The summed E-state index contributed by atoms with van der Waals surface area (Å²) in [6.07, 6.45) is 5.68. The van der Waals surface area contributed by atoms with Gasteiger partial charge < -0.3 is 15.8 Å². The van der Waals surface area contributed by atoms with Crippen LogP contribution in [0.4, 0.5) is 5.82 Å². The molecule has 1 fully saturated rings. The normalized spacial score (nSPS) is 23.8. The maximum Gasteiger partial charge on any atom is 0.187 e. The van der Waals surface area contributed by atoms with Crippen molar-refractivity contribution in [1.29, 1.82) is 5.26 Å². The number of nitrogens with one attached hydrogen (secondary N) is 1. The maximum atomic E-state index is 9.01. The van der Waals surface area contributed by atoms with Gasteiger partial charge in [-0.2, -0.15) is 14.9 Å². The molecule has 0 aliphatic carbocycles. The van der Waals surface area contributed by atoms with E-state index in [1.807, 2.05) is 0 Å². The molecule has 0 saturated carbocycles. The van der Waals surface area contributed by atoms with Crippen molar-refractivity contribution < 1.29 is 4.74 Å². The second-order valence-corrected chi connectivity index (χ2v) is 6.93. The van der Waals surface area contributed by atoms with Crippen molar-refractivity contribution in [3.8, 4) is 6.07 Å². The largest absolute Gasteiger partial charge is 0.483 e. The van der Waals surface area contributed by atoms with E-state index in [0.717, 1.165) is 47.2 Å². The molecule has 4 rings (SSSR count). The van der Waals surface area contributed by atoms with Gasteiger partial charge in [-0.1, -0.05) is 0 Å². The minimum atomic E-state index is -0.440. The molecular weight excluding hydrogens is 372 g/mol. The van der Waals surface area contributed by atoms with Gasteiger partial charge >= 0.3 is 0 Å². The number of aromatic nitrogens is 3. The molecule has 3 N–H and O–H groups in total. The van der Waals surface area contributed by atoms with E-state index in [9.17, 15) is 0 Å². The van der Waals surface area contributed by atoms with Crippen molar-refractivity contribution in [3.63, 3.8) is 0 Å². The van der Waals surface area contributed by atoms with Gasteiger partial charge in [0, 0.05) is 30.0 Å². The van der Waals surface area contributed by atoms with Gasteiger partial charge in [0.2, 0.25) is 0 Å². The molecule has 24 heavy (non-hydrogen) atoms. The lowest BCUT2D eigenvalue weighted by Crippen LogP contribution is -2.29. The minimum Gasteiger partial charge on any atom is -0.483 e. The molecule has 1 saturated heterocycles. The molecule has 2 aromatic heterocycles. The standard InChI is InChI=1S/C16H17BrN6O/c17-13-14(9-2-1-3-20-6-9)22-16-12(7-21-23(16)15(13)19)10-4-11(5-18)24-8-10/h7-9,11,20H,1-4,6,19H2. The third kappa shape index (κ3) is 2.44. The van der Waals surface area contributed by atoms with E-state index in [4.69, 9.17) is 20.7 Å². The number of halogens is 1. The van der Waals surface area contributed by atoms with Crippen LogP contribution >= 0.6 is 15.9 Å². The van der Waals surface area contributed by atoms with Crippen LogP contribution in [0.5, 0.6) is 0 Å². The molecule has 0 bridgehead atoms. The topological polar surface area (TPSA) is 101 Å². The first-order valence-electron chi connectivity index (χ1n) is 7.97. The van der Waals surface area contributed by atoms with Crippen LogP contribution in [0.1, 0.15) is 36.4 Å². The van der Waals surface area contributed by atoms with Crippen molar-refractivity contribution in [1.82, 2.24) is 19.9 Å². The molecule has 0 spiro atoms. The smallest absolute Gasteiger partial charge is 0.187 e. The first kappa shape index (κ1) is 15.4. The molecular formula is C16H17BrN6O. The Morgan fingerprint density at radius 2 is 2.38 bits per heavy atom. The fraction of sp³-hybridized carbons (Fsp3) is 0.438. The van der Waals surface area contributed by atoms with Crippen LogP contribution in [0, 0.1) is 11.3 Å². The molecule has 0 amide bonds. The SMILES string of the molecule is N#CC1CC(c2cnn3c(N)c(Br)c(C4CCCNC4)nc23)=CO1. The highest BCUT2D eigenvalue weighted by molar-refractivity contribution is 9.10. The highest BCUT2D eigenvalue weighted by Crippen LogP contribution is 2.35. The molecule has 2 aliphatic rings. The van der Waals surface area contributed by atoms with E-state index in [2.05, 4.69) is 32.4 Å². The maximum absolute atomic E-state index is 9.01. The van der Waals surface area contributed by atoms with Crippen LogP contribution in [0.3, 0.4) is 0 Å². The van der Waals surface area contributed by atoms with Gasteiger partial charge in [-0.25, -0.2) is 4.98 Å². The summed E-state index contributed by atoms with van der Waals surface area (Å²) in [5.74, 6) is 0.868. The van der Waals surface area contributed by atoms with Crippen molar-refractivity contribution in [2.24, 2.45) is 0 Å². The van der Waals surface area contributed by atoms with Gasteiger partial charge in [0.05, 0.1) is 22.6 Å². The summed E-state index contributed by atoms with van der Waals surface area (Å²) in [7, 11) is 0. The van der Waals surface area contributed by atoms with Gasteiger partial charge in [0.15, 0.2) is 11.8 Å². The number of fused-ring (bicyclic) bond motifs is 1. The van der Waals surface area contributed by atoms with E-state index in [-0.39, 0.29) is 0 Å². The lowest BCUT2D eigenvalue weighted by molar-refractivity contribution is 0.221. The van der Waals surface area contributed by atoms with Crippen molar-refractivity contribution >= 4 is 33.0 Å². The van der Waals surface area contributed by atoms with Gasteiger partial charge in [0.1, 0.15) is 11.9 Å². The predicted octanol–water partition coefficient (Wildman–Crippen LogP) is 2.19. The zero-order valence-electron chi connectivity index (χ0n) is 13.0. The second-order valence-electron chi connectivity index (χ2n) is 6.13. The highest BCUT2D eigenvalue weighted by Gasteiger charge is 2.26. The minimum absolute atomic E-state index is 0.323. The molecule has 2 aliphatic heterocycles. The number of nitrogen functional groups attached to an aromatic ring is 1. The highest BCUT2D eigenvalue weighted by atomic mass is 79.9. The Kier molecular flexibility index (Phi) is 3.90. The quantitative estimate of drug-likeness (QED) is 0.817. The Labute approximate surface area is 147 Å².